The molecule has 1 heterocycles. The summed E-state index contributed by atoms with van der Waals surface area (Å²) in [4.78, 5) is 16.1. The van der Waals surface area contributed by atoms with E-state index in [2.05, 4.69) is 20.9 Å². The zero-order valence-electron chi connectivity index (χ0n) is 9.06. The van der Waals surface area contributed by atoms with Crippen LogP contribution in [0.25, 0.3) is 0 Å². The van der Waals surface area contributed by atoms with Gasteiger partial charge in [-0.3, -0.25) is 4.79 Å². The van der Waals surface area contributed by atoms with E-state index in [0.29, 0.717) is 17.1 Å². The largest absolute Gasteiger partial charge is 0.384 e. The quantitative estimate of drug-likeness (QED) is 0.885. The predicted octanol–water partition coefficient (Wildman–Crippen LogP) is 2.85. The SMILES string of the molecule is Nc1cccc(CC(=O)c2ccccc2Br)n1. The molecule has 0 bridgehead atoms. The second kappa shape index (κ2) is 5.10. The van der Waals surface area contributed by atoms with Crippen molar-refractivity contribution in [1.29, 1.82) is 0 Å². The highest BCUT2D eigenvalue weighted by Crippen LogP contribution is 2.17. The summed E-state index contributed by atoms with van der Waals surface area (Å²) >= 11 is 3.36. The molecule has 17 heavy (non-hydrogen) atoms. The molecule has 0 radical (unpaired) electrons. The van der Waals surface area contributed by atoms with Gasteiger partial charge in [-0.25, -0.2) is 4.98 Å². The van der Waals surface area contributed by atoms with Crippen LogP contribution in [0.5, 0.6) is 0 Å². The molecule has 0 aliphatic rings. The molecule has 0 unspecified atom stereocenters. The molecule has 2 rings (SSSR count). The Balaban J connectivity index is 2.20. The highest BCUT2D eigenvalue weighted by Gasteiger charge is 2.10. The van der Waals surface area contributed by atoms with Crippen LogP contribution in [0, 0.1) is 0 Å². The van der Waals surface area contributed by atoms with Gasteiger partial charge < -0.3 is 5.73 Å². The molecular formula is C13H11BrN2O. The molecule has 0 fully saturated rings. The summed E-state index contributed by atoms with van der Waals surface area (Å²) in [5.74, 6) is 0.456. The maximum Gasteiger partial charge on any atom is 0.169 e. The Hall–Kier alpha value is -1.68. The number of ketones is 1. The zero-order valence-corrected chi connectivity index (χ0v) is 10.6. The third-order valence-electron chi connectivity index (χ3n) is 2.34. The minimum atomic E-state index is 0.0237. The molecule has 4 heteroatoms. The molecule has 0 saturated carbocycles. The highest BCUT2D eigenvalue weighted by molar-refractivity contribution is 9.10. The normalized spacial score (nSPS) is 10.2. The van der Waals surface area contributed by atoms with E-state index < -0.39 is 0 Å². The summed E-state index contributed by atoms with van der Waals surface area (Å²) in [6.45, 7) is 0. The van der Waals surface area contributed by atoms with Crippen molar-refractivity contribution in [2.24, 2.45) is 0 Å². The van der Waals surface area contributed by atoms with Crippen LogP contribution in [0.2, 0.25) is 0 Å². The number of carbonyl (C=O) groups excluding carboxylic acids is 1. The van der Waals surface area contributed by atoms with Crippen molar-refractivity contribution in [1.82, 2.24) is 4.98 Å². The maximum absolute atomic E-state index is 12.0. The molecule has 2 aromatic rings. The number of nitrogens with two attached hydrogens (primary N) is 1. The Kier molecular flexibility index (Phi) is 3.54. The van der Waals surface area contributed by atoms with Crippen LogP contribution in [0.15, 0.2) is 46.9 Å². The number of nitrogens with zero attached hydrogens (tertiary/aromatic N) is 1. The van der Waals surface area contributed by atoms with E-state index in [1.54, 1.807) is 24.3 Å². The van der Waals surface area contributed by atoms with Crippen molar-refractivity contribution in [2.75, 3.05) is 5.73 Å². The molecule has 86 valence electrons. The summed E-state index contributed by atoms with van der Waals surface area (Å²) in [5, 5.41) is 0. The van der Waals surface area contributed by atoms with Crippen molar-refractivity contribution in [3.63, 3.8) is 0 Å². The number of benzene rings is 1. The second-order valence-electron chi connectivity index (χ2n) is 3.63. The number of nitrogen functional groups attached to an aromatic ring is 1. The van der Waals surface area contributed by atoms with E-state index >= 15 is 0 Å². The van der Waals surface area contributed by atoms with Gasteiger partial charge in [0.1, 0.15) is 5.82 Å². The van der Waals surface area contributed by atoms with Crippen molar-refractivity contribution in [3.05, 3.63) is 58.2 Å². The number of carbonyl (C=O) groups is 1. The Morgan fingerprint density at radius 3 is 2.65 bits per heavy atom. The zero-order chi connectivity index (χ0) is 12.3. The molecule has 0 saturated heterocycles. The molecule has 0 amide bonds. The summed E-state index contributed by atoms with van der Waals surface area (Å²) in [5.41, 5.74) is 6.92. The smallest absolute Gasteiger partial charge is 0.169 e. The molecule has 0 atom stereocenters. The summed E-state index contributed by atoms with van der Waals surface area (Å²) in [6, 6.07) is 12.6. The highest BCUT2D eigenvalue weighted by atomic mass is 79.9. The minimum absolute atomic E-state index is 0.0237. The Morgan fingerprint density at radius 2 is 1.94 bits per heavy atom. The van der Waals surface area contributed by atoms with Crippen LogP contribution < -0.4 is 5.73 Å². The lowest BCUT2D eigenvalue weighted by Gasteiger charge is -2.03. The second-order valence-corrected chi connectivity index (χ2v) is 4.49. The van der Waals surface area contributed by atoms with Gasteiger partial charge in [0, 0.05) is 10.0 Å². The van der Waals surface area contributed by atoms with Gasteiger partial charge >= 0.3 is 0 Å². The number of pyridine rings is 1. The van der Waals surface area contributed by atoms with Gasteiger partial charge in [0.05, 0.1) is 12.1 Å². The first-order valence-electron chi connectivity index (χ1n) is 5.16. The number of halogens is 1. The first-order valence-corrected chi connectivity index (χ1v) is 5.95. The Morgan fingerprint density at radius 1 is 1.18 bits per heavy atom. The lowest BCUT2D eigenvalue weighted by atomic mass is 10.1. The number of hydrogen-bond acceptors (Lipinski definition) is 3. The number of Topliss-reactive ketones (excluding diaryl/α,β-unsaturated/α-hetero) is 1. The predicted molar refractivity (Wildman–Crippen MR) is 70.8 cm³/mol. The van der Waals surface area contributed by atoms with Crippen LogP contribution in [-0.4, -0.2) is 10.8 Å². The van der Waals surface area contributed by atoms with Gasteiger partial charge in [-0.1, -0.05) is 40.2 Å². The fourth-order valence-corrected chi connectivity index (χ4v) is 2.05. The summed E-state index contributed by atoms with van der Waals surface area (Å²) in [7, 11) is 0. The van der Waals surface area contributed by atoms with Crippen LogP contribution in [0.1, 0.15) is 16.1 Å². The van der Waals surface area contributed by atoms with Gasteiger partial charge in [-0.2, -0.15) is 0 Å². The number of aromatic nitrogens is 1. The van der Waals surface area contributed by atoms with Crippen molar-refractivity contribution < 1.29 is 4.79 Å². The van der Waals surface area contributed by atoms with Gasteiger partial charge in [0.25, 0.3) is 0 Å². The van der Waals surface area contributed by atoms with E-state index in [1.807, 2.05) is 18.2 Å². The monoisotopic (exact) mass is 290 g/mol. The van der Waals surface area contributed by atoms with E-state index in [-0.39, 0.29) is 12.2 Å². The van der Waals surface area contributed by atoms with Gasteiger partial charge in [0.2, 0.25) is 0 Å². The molecule has 2 N–H and O–H groups in total. The van der Waals surface area contributed by atoms with E-state index in [9.17, 15) is 4.79 Å². The Labute approximate surface area is 108 Å². The fraction of sp³-hybridized carbons (Fsp3) is 0.0769. The molecule has 1 aromatic carbocycles. The van der Waals surface area contributed by atoms with Gasteiger partial charge in [-0.15, -0.1) is 0 Å². The average Bonchev–Trinajstić information content (AvgIpc) is 2.29. The van der Waals surface area contributed by atoms with Crippen molar-refractivity contribution in [3.8, 4) is 0 Å². The first-order chi connectivity index (χ1) is 8.16. The summed E-state index contributed by atoms with van der Waals surface area (Å²) < 4.78 is 0.800. The van der Waals surface area contributed by atoms with Crippen molar-refractivity contribution >= 4 is 27.5 Å². The maximum atomic E-state index is 12.0. The van der Waals surface area contributed by atoms with Gasteiger partial charge in [-0.05, 0) is 18.2 Å². The molecule has 0 aliphatic heterocycles. The standard InChI is InChI=1S/C13H11BrN2O/c14-11-6-2-1-5-10(11)12(17)8-9-4-3-7-13(15)16-9/h1-7H,8H2,(H2,15,16). The Bertz CT molecular complexity index is 555. The van der Waals surface area contributed by atoms with E-state index in [0.717, 1.165) is 4.47 Å². The minimum Gasteiger partial charge on any atom is -0.384 e. The van der Waals surface area contributed by atoms with Crippen LogP contribution in [0.4, 0.5) is 5.82 Å². The lowest BCUT2D eigenvalue weighted by molar-refractivity contribution is 0.0991. The third kappa shape index (κ3) is 2.91. The topological polar surface area (TPSA) is 56.0 Å². The average molecular weight is 291 g/mol. The van der Waals surface area contributed by atoms with Crippen LogP contribution in [0.3, 0.4) is 0 Å². The number of hydrogen-bond donors (Lipinski definition) is 1. The van der Waals surface area contributed by atoms with E-state index in [4.69, 9.17) is 5.73 Å². The van der Waals surface area contributed by atoms with Crippen LogP contribution in [-0.2, 0) is 6.42 Å². The molecule has 3 nitrogen and oxygen atoms in total. The van der Waals surface area contributed by atoms with E-state index in [1.165, 1.54) is 0 Å². The molecule has 0 spiro atoms. The van der Waals surface area contributed by atoms with Crippen LogP contribution >= 0.6 is 15.9 Å². The third-order valence-corrected chi connectivity index (χ3v) is 3.04. The lowest BCUT2D eigenvalue weighted by Crippen LogP contribution is -2.06. The van der Waals surface area contributed by atoms with Crippen molar-refractivity contribution in [2.45, 2.75) is 6.42 Å². The molecular weight excluding hydrogens is 280 g/mol. The number of anilines is 1. The fourth-order valence-electron chi connectivity index (χ4n) is 1.54. The first kappa shape index (κ1) is 11.8. The number of rotatable bonds is 3. The molecule has 0 aliphatic carbocycles. The molecule has 1 aromatic heterocycles. The van der Waals surface area contributed by atoms with Gasteiger partial charge in [0.15, 0.2) is 5.78 Å². The summed E-state index contributed by atoms with van der Waals surface area (Å²) in [6.07, 6.45) is 0.258.